The number of benzene rings is 2. The summed E-state index contributed by atoms with van der Waals surface area (Å²) in [4.78, 5) is 33.5. The first-order valence-electron chi connectivity index (χ1n) is 9.78. The van der Waals surface area contributed by atoms with Gasteiger partial charge in [0.2, 0.25) is 18.0 Å². The van der Waals surface area contributed by atoms with Crippen LogP contribution >= 0.6 is 0 Å². The molecule has 2 aromatic carbocycles. The summed E-state index contributed by atoms with van der Waals surface area (Å²) in [7, 11) is 3.95. The molecule has 1 heterocycles. The Morgan fingerprint density at radius 3 is 1.76 bits per heavy atom. The van der Waals surface area contributed by atoms with Crippen LogP contribution in [0, 0.1) is 0 Å². The summed E-state index contributed by atoms with van der Waals surface area (Å²) in [5.41, 5.74) is -1.21. The number of carbonyl (C=O) groups is 2. The lowest BCUT2D eigenvalue weighted by atomic mass is 9.72. The van der Waals surface area contributed by atoms with Crippen molar-refractivity contribution in [2.45, 2.75) is 11.6 Å². The van der Waals surface area contributed by atoms with E-state index in [9.17, 15) is 14.7 Å². The first-order valence-corrected chi connectivity index (χ1v) is 9.78. The highest BCUT2D eigenvalue weighted by atomic mass is 16.6. The summed E-state index contributed by atoms with van der Waals surface area (Å²) in [6.07, 6.45) is -2.45. The van der Waals surface area contributed by atoms with E-state index in [0.717, 1.165) is 7.11 Å². The van der Waals surface area contributed by atoms with Crippen molar-refractivity contribution < 1.29 is 33.6 Å². The number of nitrogens with zero attached hydrogens (tertiary/aromatic N) is 2. The van der Waals surface area contributed by atoms with Gasteiger partial charge in [0.25, 0.3) is 0 Å². The predicted molar refractivity (Wildman–Crippen MR) is 116 cm³/mol. The number of alkyl carbamates (subject to hydrolysis) is 1. The van der Waals surface area contributed by atoms with E-state index in [1.54, 1.807) is 60.7 Å². The fraction of sp³-hybridized carbons (Fsp3) is 0.217. The highest BCUT2D eigenvalue weighted by Gasteiger charge is 2.52. The van der Waals surface area contributed by atoms with E-state index in [4.69, 9.17) is 18.9 Å². The Morgan fingerprint density at radius 2 is 1.36 bits per heavy atom. The predicted octanol–water partition coefficient (Wildman–Crippen LogP) is 2.63. The number of carbonyl (C=O) groups excluding carboxylic acids is 1. The minimum atomic E-state index is -1.91. The number of hydrogen-bond donors (Lipinski definition) is 2. The number of ether oxygens (including phenoxy) is 4. The second kappa shape index (κ2) is 10.3. The molecule has 0 fully saturated rings. The molecule has 3 rings (SSSR count). The van der Waals surface area contributed by atoms with Crippen molar-refractivity contribution in [1.82, 2.24) is 15.3 Å². The van der Waals surface area contributed by atoms with Crippen molar-refractivity contribution in [2.75, 3.05) is 21.3 Å². The Hall–Kier alpha value is -4.34. The topological polar surface area (TPSA) is 129 Å². The van der Waals surface area contributed by atoms with Crippen molar-refractivity contribution in [3.05, 3.63) is 77.9 Å². The number of carboxylic acid groups (broad SMARTS) is 1. The van der Waals surface area contributed by atoms with Crippen LogP contribution in [0.15, 0.2) is 66.7 Å². The minimum absolute atomic E-state index is 0.119. The van der Waals surface area contributed by atoms with Gasteiger partial charge in [0.15, 0.2) is 5.41 Å². The summed E-state index contributed by atoms with van der Waals surface area (Å²) in [6, 6.07) is 17.9. The van der Waals surface area contributed by atoms with Gasteiger partial charge in [0.1, 0.15) is 0 Å². The summed E-state index contributed by atoms with van der Waals surface area (Å²) >= 11 is 0. The number of aliphatic carboxylic acids is 1. The highest BCUT2D eigenvalue weighted by molar-refractivity contribution is 5.88. The summed E-state index contributed by atoms with van der Waals surface area (Å²) in [5.74, 6) is -1.04. The van der Waals surface area contributed by atoms with Gasteiger partial charge in [-0.1, -0.05) is 60.7 Å². The molecule has 10 nitrogen and oxygen atoms in total. The average Bonchev–Trinajstić information content (AvgIpc) is 2.85. The third-order valence-electron chi connectivity index (χ3n) is 4.92. The number of hydrogen-bond acceptors (Lipinski definition) is 8. The molecular weight excluding hydrogens is 430 g/mol. The molecular formula is C23H23N3O7. The zero-order chi connectivity index (χ0) is 23.8. The van der Waals surface area contributed by atoms with Crippen molar-refractivity contribution in [2.24, 2.45) is 0 Å². The van der Waals surface area contributed by atoms with E-state index >= 15 is 0 Å². The van der Waals surface area contributed by atoms with E-state index in [2.05, 4.69) is 15.3 Å². The molecule has 0 aliphatic rings. The molecule has 1 atom stereocenters. The van der Waals surface area contributed by atoms with Crippen LogP contribution in [0.4, 0.5) is 4.79 Å². The molecule has 1 amide bonds. The third-order valence-corrected chi connectivity index (χ3v) is 4.92. The Morgan fingerprint density at radius 1 is 0.879 bits per heavy atom. The van der Waals surface area contributed by atoms with Gasteiger partial charge in [0.05, 0.1) is 27.4 Å². The molecule has 3 aromatic rings. The number of nitrogens with one attached hydrogen (secondary N) is 1. The van der Waals surface area contributed by atoms with Gasteiger partial charge in [-0.25, -0.2) is 4.79 Å². The van der Waals surface area contributed by atoms with Gasteiger partial charge in [-0.05, 0) is 11.1 Å². The van der Waals surface area contributed by atoms with E-state index in [1.807, 2.05) is 0 Å². The Bertz CT molecular complexity index is 1030. The maximum absolute atomic E-state index is 13.0. The summed E-state index contributed by atoms with van der Waals surface area (Å²) in [5, 5.41) is 13.1. The normalized spacial score (nSPS) is 11.7. The number of carboxylic acids is 1. The van der Waals surface area contributed by atoms with Gasteiger partial charge >= 0.3 is 18.1 Å². The largest absolute Gasteiger partial charge is 0.481 e. The van der Waals surface area contributed by atoms with Crippen LogP contribution in [0.25, 0.3) is 0 Å². The van der Waals surface area contributed by atoms with Crippen molar-refractivity contribution >= 4 is 12.1 Å². The second-order valence-corrected chi connectivity index (χ2v) is 6.71. The third kappa shape index (κ3) is 4.79. The summed E-state index contributed by atoms with van der Waals surface area (Å²) < 4.78 is 21.0. The molecule has 33 heavy (non-hydrogen) atoms. The SMILES string of the molecule is COC(=O)N[C@H](Oc1nc(OC)cc(OC)n1)C(C(=O)O)(c1ccccc1)c1ccccc1. The fourth-order valence-electron chi connectivity index (χ4n) is 3.37. The van der Waals surface area contributed by atoms with E-state index in [-0.39, 0.29) is 17.8 Å². The molecule has 0 aliphatic carbocycles. The molecule has 0 unspecified atom stereocenters. The second-order valence-electron chi connectivity index (χ2n) is 6.71. The van der Waals surface area contributed by atoms with Crippen LogP contribution in [0.2, 0.25) is 0 Å². The highest BCUT2D eigenvalue weighted by Crippen LogP contribution is 2.37. The molecule has 0 saturated carbocycles. The van der Waals surface area contributed by atoms with Crippen LogP contribution in [0.1, 0.15) is 11.1 Å². The molecule has 172 valence electrons. The van der Waals surface area contributed by atoms with Crippen LogP contribution in [0.3, 0.4) is 0 Å². The van der Waals surface area contributed by atoms with Crippen LogP contribution in [0.5, 0.6) is 17.8 Å². The maximum atomic E-state index is 13.0. The molecule has 0 saturated heterocycles. The van der Waals surface area contributed by atoms with Gasteiger partial charge in [-0.2, -0.15) is 9.97 Å². The summed E-state index contributed by atoms with van der Waals surface area (Å²) in [6.45, 7) is 0. The molecule has 2 N–H and O–H groups in total. The molecule has 0 spiro atoms. The van der Waals surface area contributed by atoms with Crippen molar-refractivity contribution in [3.8, 4) is 17.8 Å². The molecule has 10 heteroatoms. The lowest BCUT2D eigenvalue weighted by molar-refractivity contribution is -0.146. The fourth-order valence-corrected chi connectivity index (χ4v) is 3.37. The number of methoxy groups -OCH3 is 3. The van der Waals surface area contributed by atoms with Crippen molar-refractivity contribution in [1.29, 1.82) is 0 Å². The van der Waals surface area contributed by atoms with Crippen LogP contribution < -0.4 is 19.5 Å². The number of rotatable bonds is 9. The Labute approximate surface area is 190 Å². The first-order chi connectivity index (χ1) is 15.9. The molecule has 0 bridgehead atoms. The molecule has 0 radical (unpaired) electrons. The van der Waals surface area contributed by atoms with Gasteiger partial charge in [-0.15, -0.1) is 0 Å². The van der Waals surface area contributed by atoms with Gasteiger partial charge < -0.3 is 24.1 Å². The van der Waals surface area contributed by atoms with Crippen LogP contribution in [-0.4, -0.2) is 54.7 Å². The molecule has 0 aliphatic heterocycles. The van der Waals surface area contributed by atoms with Crippen LogP contribution in [-0.2, 0) is 14.9 Å². The molecule has 1 aromatic heterocycles. The van der Waals surface area contributed by atoms with Gasteiger partial charge in [-0.3, -0.25) is 10.1 Å². The minimum Gasteiger partial charge on any atom is -0.481 e. The van der Waals surface area contributed by atoms with Gasteiger partial charge in [0, 0.05) is 0 Å². The number of aromatic nitrogens is 2. The lowest BCUT2D eigenvalue weighted by Gasteiger charge is -2.37. The zero-order valence-electron chi connectivity index (χ0n) is 18.2. The monoisotopic (exact) mass is 453 g/mol. The van der Waals surface area contributed by atoms with Crippen molar-refractivity contribution in [3.63, 3.8) is 0 Å². The van der Waals surface area contributed by atoms with E-state index in [1.165, 1.54) is 20.3 Å². The zero-order valence-corrected chi connectivity index (χ0v) is 18.2. The lowest BCUT2D eigenvalue weighted by Crippen LogP contribution is -2.58. The Kier molecular flexibility index (Phi) is 7.29. The smallest absolute Gasteiger partial charge is 0.409 e. The average molecular weight is 453 g/mol. The quantitative estimate of drug-likeness (QED) is 0.470. The van der Waals surface area contributed by atoms with E-state index in [0.29, 0.717) is 11.1 Å². The maximum Gasteiger partial charge on any atom is 0.409 e. The van der Waals surface area contributed by atoms with E-state index < -0.39 is 23.7 Å². The standard InChI is InChI=1S/C23H23N3O7/c1-30-17-14-18(31-2)25-21(24-17)33-19(26-22(29)32-3)23(20(27)28,15-10-6-4-7-11-15)16-12-8-5-9-13-16/h4-14,19H,1-3H3,(H,26,29)(H,27,28)/t19-/m1/s1. The first kappa shape index (κ1) is 23.3. The number of amides is 1. The Balaban J connectivity index is 2.25.